The molecule has 0 aliphatic carbocycles. The molecule has 0 saturated carbocycles. The normalized spacial score (nSPS) is 11.4. The molecule has 0 bridgehead atoms. The molecule has 3 aromatic rings. The van der Waals surface area contributed by atoms with E-state index < -0.39 is 5.97 Å². The Bertz CT molecular complexity index is 846. The number of benzene rings is 2. The summed E-state index contributed by atoms with van der Waals surface area (Å²) < 4.78 is 1.72. The average Bonchev–Trinajstić information content (AvgIpc) is 2.47. The number of fused-ring (bicyclic) bond motifs is 2. The van der Waals surface area contributed by atoms with E-state index >= 15 is 0 Å². The van der Waals surface area contributed by atoms with Crippen molar-refractivity contribution >= 4 is 34.0 Å². The second-order valence-electron chi connectivity index (χ2n) is 4.39. The molecule has 4 heteroatoms. The van der Waals surface area contributed by atoms with Gasteiger partial charge in [0.25, 0.3) is 0 Å². The highest BCUT2D eigenvalue weighted by Gasteiger charge is 2.08. The lowest BCUT2D eigenvalue weighted by Crippen LogP contribution is -2.08. The summed E-state index contributed by atoms with van der Waals surface area (Å²) in [4.78, 5) is 23.2. The molecule has 0 aliphatic rings. The number of nitrogens with zero attached hydrogens (tertiary/aromatic N) is 1. The molecular weight excluding hydrogens is 254 g/mol. The Morgan fingerprint density at radius 1 is 0.950 bits per heavy atom. The first kappa shape index (κ1) is 12.2. The van der Waals surface area contributed by atoms with Crippen LogP contribution in [0.5, 0.6) is 0 Å². The minimum atomic E-state index is -1.03. The van der Waals surface area contributed by atoms with Gasteiger partial charge < -0.3 is 9.67 Å². The number of carboxylic acid groups (broad SMARTS) is 1. The van der Waals surface area contributed by atoms with Crippen LogP contribution in [0.4, 0.5) is 0 Å². The minimum Gasteiger partial charge on any atom is -0.478 e. The summed E-state index contributed by atoms with van der Waals surface area (Å²) in [5, 5.41) is 9.95. The van der Waals surface area contributed by atoms with Crippen molar-refractivity contribution in [2.45, 2.75) is 0 Å². The molecule has 98 valence electrons. The monoisotopic (exact) mass is 265 g/mol. The van der Waals surface area contributed by atoms with Gasteiger partial charge in [0, 0.05) is 23.0 Å². The fraction of sp³-hybridized carbons (Fsp3) is 0. The van der Waals surface area contributed by atoms with Crippen LogP contribution >= 0.6 is 0 Å². The molecule has 3 rings (SSSR count). The lowest BCUT2D eigenvalue weighted by molar-refractivity contribution is -0.131. The Labute approximate surface area is 114 Å². The van der Waals surface area contributed by atoms with Crippen molar-refractivity contribution in [3.8, 4) is 0 Å². The minimum absolute atomic E-state index is 0.0452. The first-order chi connectivity index (χ1) is 9.68. The van der Waals surface area contributed by atoms with E-state index in [1.807, 2.05) is 12.1 Å². The summed E-state index contributed by atoms with van der Waals surface area (Å²) in [6.07, 6.45) is 2.52. The van der Waals surface area contributed by atoms with Gasteiger partial charge in [-0.3, -0.25) is 4.79 Å². The Morgan fingerprint density at radius 2 is 1.45 bits per heavy atom. The summed E-state index contributed by atoms with van der Waals surface area (Å²) in [5.41, 5.74) is 1.33. The number of aromatic nitrogens is 1. The van der Waals surface area contributed by atoms with Crippen LogP contribution in [0.15, 0.2) is 59.4 Å². The van der Waals surface area contributed by atoms with E-state index in [9.17, 15) is 9.59 Å². The zero-order valence-corrected chi connectivity index (χ0v) is 10.5. The zero-order chi connectivity index (χ0) is 14.1. The van der Waals surface area contributed by atoms with Crippen LogP contribution in [0, 0.1) is 0 Å². The van der Waals surface area contributed by atoms with Crippen molar-refractivity contribution in [3.05, 3.63) is 64.8 Å². The number of carbonyl (C=O) groups is 1. The lowest BCUT2D eigenvalue weighted by Gasteiger charge is -2.10. The van der Waals surface area contributed by atoms with Gasteiger partial charge in [0.1, 0.15) is 0 Å². The van der Waals surface area contributed by atoms with Crippen LogP contribution in [-0.4, -0.2) is 15.6 Å². The van der Waals surface area contributed by atoms with Gasteiger partial charge in [0.15, 0.2) is 5.43 Å². The molecule has 0 amide bonds. The summed E-state index contributed by atoms with van der Waals surface area (Å²) >= 11 is 0. The maximum atomic E-state index is 12.4. The quantitative estimate of drug-likeness (QED) is 0.572. The van der Waals surface area contributed by atoms with Crippen LogP contribution in [-0.2, 0) is 4.79 Å². The van der Waals surface area contributed by atoms with E-state index in [0.29, 0.717) is 21.8 Å². The highest BCUT2D eigenvalue weighted by molar-refractivity contribution is 5.96. The Balaban J connectivity index is 2.53. The standard InChI is InChI=1S/C16H11NO3/c18-15(19)9-10-17-13-7-3-1-5-11(13)16(20)12-6-2-4-8-14(12)17/h1-10H,(H,18,19)/b10-9+. The number of rotatable bonds is 2. The molecule has 0 aliphatic heterocycles. The van der Waals surface area contributed by atoms with Crippen molar-refractivity contribution in [2.75, 3.05) is 0 Å². The largest absolute Gasteiger partial charge is 0.478 e. The van der Waals surface area contributed by atoms with Crippen LogP contribution in [0.3, 0.4) is 0 Å². The fourth-order valence-electron chi connectivity index (χ4n) is 2.33. The van der Waals surface area contributed by atoms with Crippen molar-refractivity contribution < 1.29 is 9.90 Å². The predicted octanol–water partition coefficient (Wildman–Crippen LogP) is 2.71. The SMILES string of the molecule is O=C(O)/C=C/n1c2ccccc2c(=O)c2ccccc21. The van der Waals surface area contributed by atoms with E-state index in [0.717, 1.165) is 6.08 Å². The third-order valence-corrected chi connectivity index (χ3v) is 3.18. The van der Waals surface area contributed by atoms with Gasteiger partial charge in [-0.05, 0) is 24.3 Å². The molecule has 0 unspecified atom stereocenters. The summed E-state index contributed by atoms with van der Waals surface area (Å²) in [6, 6.07) is 14.3. The molecule has 0 atom stereocenters. The molecule has 2 aromatic carbocycles. The Morgan fingerprint density at radius 3 is 1.95 bits per heavy atom. The van der Waals surface area contributed by atoms with Gasteiger partial charge in [0.05, 0.1) is 11.0 Å². The molecule has 0 fully saturated rings. The molecule has 0 spiro atoms. The molecule has 1 N–H and O–H groups in total. The van der Waals surface area contributed by atoms with E-state index in [1.54, 1.807) is 41.0 Å². The summed E-state index contributed by atoms with van der Waals surface area (Å²) in [5.74, 6) is -1.03. The molecule has 4 nitrogen and oxygen atoms in total. The zero-order valence-electron chi connectivity index (χ0n) is 10.5. The van der Waals surface area contributed by atoms with Gasteiger partial charge in [-0.1, -0.05) is 24.3 Å². The topological polar surface area (TPSA) is 59.3 Å². The second-order valence-corrected chi connectivity index (χ2v) is 4.39. The molecule has 0 radical (unpaired) electrons. The van der Waals surface area contributed by atoms with E-state index in [4.69, 9.17) is 5.11 Å². The molecule has 1 aromatic heterocycles. The molecule has 0 saturated heterocycles. The predicted molar refractivity (Wildman–Crippen MR) is 78.7 cm³/mol. The third-order valence-electron chi connectivity index (χ3n) is 3.18. The Hall–Kier alpha value is -2.88. The van der Waals surface area contributed by atoms with Crippen LogP contribution < -0.4 is 5.43 Å². The number of para-hydroxylation sites is 2. The third kappa shape index (κ3) is 1.87. The van der Waals surface area contributed by atoms with E-state index in [2.05, 4.69) is 0 Å². The van der Waals surface area contributed by atoms with Crippen LogP contribution in [0.25, 0.3) is 28.0 Å². The van der Waals surface area contributed by atoms with E-state index in [1.165, 1.54) is 6.20 Å². The average molecular weight is 265 g/mol. The van der Waals surface area contributed by atoms with Gasteiger partial charge in [-0.25, -0.2) is 4.79 Å². The van der Waals surface area contributed by atoms with E-state index in [-0.39, 0.29) is 5.43 Å². The van der Waals surface area contributed by atoms with Gasteiger partial charge in [-0.2, -0.15) is 0 Å². The molecular formula is C16H11NO3. The highest BCUT2D eigenvalue weighted by Crippen LogP contribution is 2.19. The van der Waals surface area contributed by atoms with Gasteiger partial charge in [0.2, 0.25) is 0 Å². The maximum Gasteiger partial charge on any atom is 0.329 e. The highest BCUT2D eigenvalue weighted by atomic mass is 16.4. The lowest BCUT2D eigenvalue weighted by atomic mass is 10.1. The van der Waals surface area contributed by atoms with Crippen LogP contribution in [0.1, 0.15) is 0 Å². The van der Waals surface area contributed by atoms with Crippen LogP contribution in [0.2, 0.25) is 0 Å². The first-order valence-electron chi connectivity index (χ1n) is 6.11. The summed E-state index contributed by atoms with van der Waals surface area (Å²) in [6.45, 7) is 0. The number of pyridine rings is 1. The number of hydrogen-bond donors (Lipinski definition) is 1. The summed E-state index contributed by atoms with van der Waals surface area (Å²) in [7, 11) is 0. The van der Waals surface area contributed by atoms with Crippen molar-refractivity contribution in [3.63, 3.8) is 0 Å². The molecule has 20 heavy (non-hydrogen) atoms. The van der Waals surface area contributed by atoms with Crippen molar-refractivity contribution in [1.82, 2.24) is 4.57 Å². The van der Waals surface area contributed by atoms with Gasteiger partial charge in [-0.15, -0.1) is 0 Å². The molecule has 1 heterocycles. The van der Waals surface area contributed by atoms with Gasteiger partial charge >= 0.3 is 5.97 Å². The number of carboxylic acids is 1. The Kier molecular flexibility index (Phi) is 2.84. The fourth-order valence-corrected chi connectivity index (χ4v) is 2.33. The number of hydrogen-bond acceptors (Lipinski definition) is 2. The first-order valence-corrected chi connectivity index (χ1v) is 6.11. The van der Waals surface area contributed by atoms with Crippen molar-refractivity contribution in [2.24, 2.45) is 0 Å². The maximum absolute atomic E-state index is 12.4. The second kappa shape index (κ2) is 4.66. The van der Waals surface area contributed by atoms with Crippen molar-refractivity contribution in [1.29, 1.82) is 0 Å². The smallest absolute Gasteiger partial charge is 0.329 e. The number of aliphatic carboxylic acids is 1.